The molecule has 0 heterocycles. The van der Waals surface area contributed by atoms with Crippen LogP contribution in [0.5, 0.6) is 0 Å². The summed E-state index contributed by atoms with van der Waals surface area (Å²) < 4.78 is 4.83. The van der Waals surface area contributed by atoms with Gasteiger partial charge in [-0.2, -0.15) is 0 Å². The van der Waals surface area contributed by atoms with E-state index in [4.69, 9.17) is 4.74 Å². The minimum absolute atomic E-state index is 0.208. The zero-order valence-electron chi connectivity index (χ0n) is 7.63. The SMILES string of the molecule is COCCN(N=O)C(C)(C)C. The Kier molecular flexibility index (Phi) is 4.03. The first-order valence-corrected chi connectivity index (χ1v) is 3.62. The first-order valence-electron chi connectivity index (χ1n) is 3.62. The van der Waals surface area contributed by atoms with Crippen molar-refractivity contribution in [1.82, 2.24) is 5.01 Å². The second-order valence-electron chi connectivity index (χ2n) is 3.37. The van der Waals surface area contributed by atoms with Crippen molar-refractivity contribution in [2.75, 3.05) is 20.3 Å². The van der Waals surface area contributed by atoms with Gasteiger partial charge in [-0.15, -0.1) is 4.91 Å². The van der Waals surface area contributed by atoms with Gasteiger partial charge >= 0.3 is 0 Å². The lowest BCUT2D eigenvalue weighted by atomic mass is 10.1. The highest BCUT2D eigenvalue weighted by molar-refractivity contribution is 4.72. The molecule has 0 spiro atoms. The van der Waals surface area contributed by atoms with Crippen LogP contribution in [0.4, 0.5) is 0 Å². The van der Waals surface area contributed by atoms with Crippen LogP contribution in [0, 0.1) is 4.91 Å². The molecule has 0 aliphatic rings. The van der Waals surface area contributed by atoms with Crippen LogP contribution in [0.25, 0.3) is 0 Å². The van der Waals surface area contributed by atoms with E-state index < -0.39 is 0 Å². The van der Waals surface area contributed by atoms with Gasteiger partial charge in [0.1, 0.15) is 0 Å². The molecule has 11 heavy (non-hydrogen) atoms. The topological polar surface area (TPSA) is 41.9 Å². The predicted molar refractivity (Wildman–Crippen MR) is 44.1 cm³/mol. The Labute approximate surface area is 67.5 Å². The standard InChI is InChI=1S/C7H16N2O2/c1-7(2,3)9(8-10)5-6-11-4/h5-6H2,1-4H3. The highest BCUT2D eigenvalue weighted by atomic mass is 16.5. The van der Waals surface area contributed by atoms with Gasteiger partial charge in [0.05, 0.1) is 24.0 Å². The van der Waals surface area contributed by atoms with E-state index in [1.165, 1.54) is 5.01 Å². The molecule has 4 nitrogen and oxygen atoms in total. The molecule has 0 atom stereocenters. The highest BCUT2D eigenvalue weighted by Crippen LogP contribution is 2.12. The summed E-state index contributed by atoms with van der Waals surface area (Å²) >= 11 is 0. The van der Waals surface area contributed by atoms with Crippen molar-refractivity contribution >= 4 is 0 Å². The fourth-order valence-corrected chi connectivity index (χ4v) is 0.676. The zero-order valence-corrected chi connectivity index (χ0v) is 7.63. The number of hydrogen-bond acceptors (Lipinski definition) is 3. The van der Waals surface area contributed by atoms with Crippen molar-refractivity contribution in [2.45, 2.75) is 26.3 Å². The Hall–Kier alpha value is -0.640. The Morgan fingerprint density at radius 1 is 1.45 bits per heavy atom. The second-order valence-corrected chi connectivity index (χ2v) is 3.37. The van der Waals surface area contributed by atoms with Gasteiger partial charge in [0.25, 0.3) is 0 Å². The Morgan fingerprint density at radius 3 is 2.27 bits per heavy atom. The van der Waals surface area contributed by atoms with Gasteiger partial charge in [-0.3, -0.25) is 5.01 Å². The van der Waals surface area contributed by atoms with Crippen molar-refractivity contribution in [2.24, 2.45) is 5.29 Å². The number of methoxy groups -OCH3 is 1. The number of nitrogens with zero attached hydrogens (tertiary/aromatic N) is 2. The minimum Gasteiger partial charge on any atom is -0.383 e. The lowest BCUT2D eigenvalue weighted by molar-refractivity contribution is 0.0885. The maximum atomic E-state index is 10.3. The van der Waals surface area contributed by atoms with Crippen LogP contribution >= 0.6 is 0 Å². The zero-order chi connectivity index (χ0) is 8.91. The van der Waals surface area contributed by atoms with Gasteiger partial charge in [-0.1, -0.05) is 0 Å². The van der Waals surface area contributed by atoms with E-state index in [1.807, 2.05) is 20.8 Å². The van der Waals surface area contributed by atoms with Crippen LogP contribution < -0.4 is 0 Å². The predicted octanol–water partition coefficient (Wildman–Crippen LogP) is 1.41. The van der Waals surface area contributed by atoms with Crippen molar-refractivity contribution in [3.05, 3.63) is 4.91 Å². The average molecular weight is 160 g/mol. The monoisotopic (exact) mass is 160 g/mol. The molecular formula is C7H16N2O2. The molecule has 0 aliphatic carbocycles. The molecule has 0 fully saturated rings. The highest BCUT2D eigenvalue weighted by Gasteiger charge is 2.19. The number of rotatable bonds is 4. The fraction of sp³-hybridized carbons (Fsp3) is 1.00. The smallest absolute Gasteiger partial charge is 0.0656 e. The molecule has 0 aliphatic heterocycles. The molecule has 0 aromatic heterocycles. The number of nitroso groups, excluding NO2 is 1. The summed E-state index contributed by atoms with van der Waals surface area (Å²) in [5.74, 6) is 0. The molecule has 0 aromatic rings. The van der Waals surface area contributed by atoms with Crippen LogP contribution in [0.3, 0.4) is 0 Å². The summed E-state index contributed by atoms with van der Waals surface area (Å²) in [5, 5.41) is 4.37. The number of hydrogen-bond donors (Lipinski definition) is 0. The van der Waals surface area contributed by atoms with E-state index in [9.17, 15) is 4.91 Å². The first kappa shape index (κ1) is 10.4. The average Bonchev–Trinajstić information content (AvgIpc) is 1.87. The maximum absolute atomic E-state index is 10.3. The summed E-state index contributed by atoms with van der Waals surface area (Å²) in [7, 11) is 1.60. The fourth-order valence-electron chi connectivity index (χ4n) is 0.676. The molecule has 0 N–H and O–H groups in total. The van der Waals surface area contributed by atoms with Gasteiger partial charge in [0, 0.05) is 7.11 Å². The van der Waals surface area contributed by atoms with E-state index in [-0.39, 0.29) is 5.54 Å². The van der Waals surface area contributed by atoms with E-state index in [0.717, 1.165) is 0 Å². The van der Waals surface area contributed by atoms with Gasteiger partial charge in [0.2, 0.25) is 0 Å². The minimum atomic E-state index is -0.208. The molecule has 0 radical (unpaired) electrons. The van der Waals surface area contributed by atoms with Crippen molar-refractivity contribution < 1.29 is 4.74 Å². The summed E-state index contributed by atoms with van der Waals surface area (Å²) in [4.78, 5) is 10.3. The lowest BCUT2D eigenvalue weighted by Gasteiger charge is -2.29. The van der Waals surface area contributed by atoms with E-state index in [2.05, 4.69) is 5.29 Å². The van der Waals surface area contributed by atoms with Crippen LogP contribution in [-0.4, -0.2) is 30.8 Å². The van der Waals surface area contributed by atoms with Crippen molar-refractivity contribution in [3.8, 4) is 0 Å². The Morgan fingerprint density at radius 2 is 2.00 bits per heavy atom. The van der Waals surface area contributed by atoms with Gasteiger partial charge in [0.15, 0.2) is 0 Å². The van der Waals surface area contributed by atoms with Crippen molar-refractivity contribution in [3.63, 3.8) is 0 Å². The van der Waals surface area contributed by atoms with Gasteiger partial charge in [-0.25, -0.2) is 0 Å². The quantitative estimate of drug-likeness (QED) is 0.461. The van der Waals surface area contributed by atoms with Gasteiger partial charge < -0.3 is 4.74 Å². The van der Waals surface area contributed by atoms with Crippen LogP contribution in [0.2, 0.25) is 0 Å². The van der Waals surface area contributed by atoms with E-state index in [0.29, 0.717) is 13.2 Å². The molecule has 0 bridgehead atoms. The third-order valence-electron chi connectivity index (χ3n) is 1.38. The van der Waals surface area contributed by atoms with Crippen molar-refractivity contribution in [1.29, 1.82) is 0 Å². The Bertz CT molecular complexity index is 120. The molecule has 0 aromatic carbocycles. The lowest BCUT2D eigenvalue weighted by Crippen LogP contribution is -2.38. The molecule has 0 saturated carbocycles. The molecule has 4 heteroatoms. The van der Waals surface area contributed by atoms with Crippen LogP contribution in [0.15, 0.2) is 5.29 Å². The molecule has 0 saturated heterocycles. The maximum Gasteiger partial charge on any atom is 0.0656 e. The molecule has 66 valence electrons. The van der Waals surface area contributed by atoms with E-state index >= 15 is 0 Å². The molecule has 0 rings (SSSR count). The summed E-state index contributed by atoms with van der Waals surface area (Å²) in [6, 6.07) is 0. The molecular weight excluding hydrogens is 144 g/mol. The largest absolute Gasteiger partial charge is 0.383 e. The first-order chi connectivity index (χ1) is 5.02. The van der Waals surface area contributed by atoms with Crippen LogP contribution in [-0.2, 0) is 4.74 Å². The third kappa shape index (κ3) is 3.93. The normalized spacial score (nSPS) is 11.3. The summed E-state index contributed by atoms with van der Waals surface area (Å²) in [6.45, 7) is 6.88. The summed E-state index contributed by atoms with van der Waals surface area (Å²) in [6.07, 6.45) is 0. The summed E-state index contributed by atoms with van der Waals surface area (Å²) in [5.41, 5.74) is -0.208. The third-order valence-corrected chi connectivity index (χ3v) is 1.38. The van der Waals surface area contributed by atoms with E-state index in [1.54, 1.807) is 7.11 Å². The molecule has 0 amide bonds. The molecule has 0 unspecified atom stereocenters. The Balaban J connectivity index is 3.86. The van der Waals surface area contributed by atoms with Crippen LogP contribution in [0.1, 0.15) is 20.8 Å². The number of ether oxygens (including phenoxy) is 1. The second kappa shape index (κ2) is 4.28. The van der Waals surface area contributed by atoms with Gasteiger partial charge in [-0.05, 0) is 20.8 Å².